The number of benzene rings is 1. The monoisotopic (exact) mass is 465 g/mol. The molecule has 0 spiro atoms. The smallest absolute Gasteiger partial charge is 0.243 e. The van der Waals surface area contributed by atoms with E-state index in [-0.39, 0.29) is 24.3 Å². The van der Waals surface area contributed by atoms with Crippen LogP contribution in [-0.4, -0.2) is 62.2 Å². The highest BCUT2D eigenvalue weighted by Gasteiger charge is 2.35. The molecule has 1 aromatic rings. The van der Waals surface area contributed by atoms with Crippen molar-refractivity contribution in [3.05, 3.63) is 28.3 Å². The highest BCUT2D eigenvalue weighted by Crippen LogP contribution is 2.31. The second-order valence-electron chi connectivity index (χ2n) is 8.88. The SMILES string of the molecule is CCCNC(=O)CN(CCC)C(=O)C1CCN(S(=O)(=O)c2c(C)c(C)cc(C)c2C)CC1. The Morgan fingerprint density at radius 2 is 1.59 bits per heavy atom. The number of nitrogens with zero attached hydrogens (tertiary/aromatic N) is 2. The number of carbonyl (C=O) groups is 2. The van der Waals surface area contributed by atoms with Gasteiger partial charge in [0.15, 0.2) is 0 Å². The van der Waals surface area contributed by atoms with Crippen molar-refractivity contribution in [1.82, 2.24) is 14.5 Å². The van der Waals surface area contributed by atoms with Gasteiger partial charge in [-0.15, -0.1) is 0 Å². The van der Waals surface area contributed by atoms with Crippen LogP contribution in [0.25, 0.3) is 0 Å². The topological polar surface area (TPSA) is 86.8 Å². The Balaban J connectivity index is 2.12. The van der Waals surface area contributed by atoms with Crippen molar-refractivity contribution < 1.29 is 18.0 Å². The van der Waals surface area contributed by atoms with Crippen LogP contribution >= 0.6 is 0 Å². The molecule has 2 rings (SSSR count). The van der Waals surface area contributed by atoms with Crippen molar-refractivity contribution in [1.29, 1.82) is 0 Å². The standard InChI is InChI=1S/C24H39N3O4S/c1-7-11-25-22(28)16-26(12-8-2)24(29)21-9-13-27(14-10-21)32(30,31)23-19(5)17(3)15-18(4)20(23)6/h15,21H,7-14,16H2,1-6H3,(H,25,28). The quantitative estimate of drug-likeness (QED) is 0.607. The van der Waals surface area contributed by atoms with Gasteiger partial charge in [-0.25, -0.2) is 8.42 Å². The summed E-state index contributed by atoms with van der Waals surface area (Å²) in [6, 6.07) is 2.02. The minimum Gasteiger partial charge on any atom is -0.355 e. The molecule has 0 aromatic heterocycles. The van der Waals surface area contributed by atoms with E-state index in [1.165, 1.54) is 4.31 Å². The van der Waals surface area contributed by atoms with Crippen LogP contribution in [0.2, 0.25) is 0 Å². The molecular formula is C24H39N3O4S. The van der Waals surface area contributed by atoms with Crippen LogP contribution in [-0.2, 0) is 19.6 Å². The lowest BCUT2D eigenvalue weighted by Gasteiger charge is -2.34. The van der Waals surface area contributed by atoms with E-state index in [1.54, 1.807) is 4.90 Å². The van der Waals surface area contributed by atoms with Gasteiger partial charge in [0.2, 0.25) is 21.8 Å². The zero-order chi connectivity index (χ0) is 24.1. The third-order valence-electron chi connectivity index (χ3n) is 6.41. The molecular weight excluding hydrogens is 426 g/mol. The van der Waals surface area contributed by atoms with Crippen LogP contribution in [0.5, 0.6) is 0 Å². The van der Waals surface area contributed by atoms with Gasteiger partial charge < -0.3 is 10.2 Å². The lowest BCUT2D eigenvalue weighted by molar-refractivity contribution is -0.140. The number of sulfonamides is 1. The molecule has 1 saturated heterocycles. The van der Waals surface area contributed by atoms with E-state index >= 15 is 0 Å². The molecule has 2 amide bonds. The Bertz CT molecular complexity index is 909. The number of aryl methyl sites for hydroxylation is 2. The molecule has 0 unspecified atom stereocenters. The fraction of sp³-hybridized carbons (Fsp3) is 0.667. The number of hydrogen-bond donors (Lipinski definition) is 1. The molecule has 0 saturated carbocycles. The first-order valence-electron chi connectivity index (χ1n) is 11.7. The summed E-state index contributed by atoms with van der Waals surface area (Å²) in [4.78, 5) is 27.3. The van der Waals surface area contributed by atoms with Gasteiger partial charge in [0.05, 0.1) is 11.4 Å². The Kier molecular flexibility index (Phi) is 9.28. The molecule has 8 heteroatoms. The first-order chi connectivity index (χ1) is 15.0. The molecule has 7 nitrogen and oxygen atoms in total. The van der Waals surface area contributed by atoms with Crippen molar-refractivity contribution in [2.24, 2.45) is 5.92 Å². The number of piperidine rings is 1. The molecule has 1 aliphatic heterocycles. The predicted molar refractivity (Wildman–Crippen MR) is 127 cm³/mol. The van der Waals surface area contributed by atoms with Crippen LogP contribution in [0.3, 0.4) is 0 Å². The van der Waals surface area contributed by atoms with E-state index in [0.29, 0.717) is 43.9 Å². The van der Waals surface area contributed by atoms with Crippen LogP contribution in [0.4, 0.5) is 0 Å². The fourth-order valence-corrected chi connectivity index (χ4v) is 6.37. The summed E-state index contributed by atoms with van der Waals surface area (Å²) in [5, 5.41) is 2.82. The van der Waals surface area contributed by atoms with Crippen molar-refractivity contribution in [3.8, 4) is 0 Å². The second kappa shape index (κ2) is 11.3. The van der Waals surface area contributed by atoms with Crippen molar-refractivity contribution in [2.45, 2.75) is 72.1 Å². The zero-order valence-electron chi connectivity index (χ0n) is 20.5. The van der Waals surface area contributed by atoms with Gasteiger partial charge in [-0.3, -0.25) is 9.59 Å². The second-order valence-corrected chi connectivity index (χ2v) is 10.8. The molecule has 1 aromatic carbocycles. The normalized spacial score (nSPS) is 15.6. The van der Waals surface area contributed by atoms with Crippen molar-refractivity contribution in [2.75, 3.05) is 32.7 Å². The summed E-state index contributed by atoms with van der Waals surface area (Å²) in [5.41, 5.74) is 3.51. The third-order valence-corrected chi connectivity index (χ3v) is 8.58. The van der Waals surface area contributed by atoms with E-state index in [9.17, 15) is 18.0 Å². The number of nitrogens with one attached hydrogen (secondary N) is 1. The number of hydrogen-bond acceptors (Lipinski definition) is 4. The van der Waals surface area contributed by atoms with Gasteiger partial charge in [0.1, 0.15) is 0 Å². The summed E-state index contributed by atoms with van der Waals surface area (Å²) >= 11 is 0. The summed E-state index contributed by atoms with van der Waals surface area (Å²) in [6.45, 7) is 13.4. The third kappa shape index (κ3) is 5.90. The summed E-state index contributed by atoms with van der Waals surface area (Å²) in [5.74, 6) is -0.447. The number of amides is 2. The lowest BCUT2D eigenvalue weighted by atomic mass is 9.96. The zero-order valence-corrected chi connectivity index (χ0v) is 21.3. The van der Waals surface area contributed by atoms with E-state index in [2.05, 4.69) is 5.32 Å². The maximum atomic E-state index is 13.5. The molecule has 0 radical (unpaired) electrons. The summed E-state index contributed by atoms with van der Waals surface area (Å²) < 4.78 is 28.5. The fourth-order valence-electron chi connectivity index (χ4n) is 4.33. The average molecular weight is 466 g/mol. The number of carbonyl (C=O) groups excluding carboxylic acids is 2. The van der Waals surface area contributed by atoms with Crippen LogP contribution in [0.15, 0.2) is 11.0 Å². The minimum absolute atomic E-state index is 0.0469. The Labute approximate surface area is 193 Å². The van der Waals surface area contributed by atoms with E-state index < -0.39 is 10.0 Å². The van der Waals surface area contributed by atoms with Crippen molar-refractivity contribution >= 4 is 21.8 Å². The van der Waals surface area contributed by atoms with E-state index in [1.807, 2.05) is 47.6 Å². The van der Waals surface area contributed by atoms with Gasteiger partial charge >= 0.3 is 0 Å². The van der Waals surface area contributed by atoms with Gasteiger partial charge in [0.25, 0.3) is 0 Å². The first kappa shape index (κ1) is 26.3. The molecule has 1 N–H and O–H groups in total. The minimum atomic E-state index is -3.63. The van der Waals surface area contributed by atoms with Gasteiger partial charge in [-0.1, -0.05) is 19.9 Å². The Morgan fingerprint density at radius 3 is 2.09 bits per heavy atom. The maximum Gasteiger partial charge on any atom is 0.243 e. The molecule has 1 fully saturated rings. The average Bonchev–Trinajstić information content (AvgIpc) is 2.75. The molecule has 0 aliphatic carbocycles. The molecule has 1 aliphatic rings. The Morgan fingerprint density at radius 1 is 1.03 bits per heavy atom. The number of rotatable bonds is 9. The van der Waals surface area contributed by atoms with Crippen LogP contribution < -0.4 is 5.32 Å². The highest BCUT2D eigenvalue weighted by molar-refractivity contribution is 7.89. The maximum absolute atomic E-state index is 13.5. The van der Waals surface area contributed by atoms with Crippen LogP contribution in [0.1, 0.15) is 61.8 Å². The molecule has 0 bridgehead atoms. The molecule has 1 heterocycles. The predicted octanol–water partition coefficient (Wildman–Crippen LogP) is 3.09. The summed E-state index contributed by atoms with van der Waals surface area (Å²) in [6.07, 6.45) is 2.56. The van der Waals surface area contributed by atoms with E-state index in [4.69, 9.17) is 0 Å². The van der Waals surface area contributed by atoms with Crippen molar-refractivity contribution in [3.63, 3.8) is 0 Å². The van der Waals surface area contributed by atoms with Gasteiger partial charge in [-0.2, -0.15) is 4.31 Å². The molecule has 0 atom stereocenters. The first-order valence-corrected chi connectivity index (χ1v) is 13.1. The Hall–Kier alpha value is -1.93. The van der Waals surface area contributed by atoms with Gasteiger partial charge in [0, 0.05) is 32.1 Å². The van der Waals surface area contributed by atoms with Gasteiger partial charge in [-0.05, 0) is 75.6 Å². The molecule has 32 heavy (non-hydrogen) atoms. The lowest BCUT2D eigenvalue weighted by Crippen LogP contribution is -2.47. The highest BCUT2D eigenvalue weighted by atomic mass is 32.2. The largest absolute Gasteiger partial charge is 0.355 e. The van der Waals surface area contributed by atoms with E-state index in [0.717, 1.165) is 35.1 Å². The molecule has 180 valence electrons. The summed E-state index contributed by atoms with van der Waals surface area (Å²) in [7, 11) is -3.63. The van der Waals surface area contributed by atoms with Crippen LogP contribution in [0, 0.1) is 33.6 Å².